The predicted octanol–water partition coefficient (Wildman–Crippen LogP) is 2.75. The molecule has 0 radical (unpaired) electrons. The molecule has 0 saturated carbocycles. The van der Waals surface area contributed by atoms with Crippen LogP contribution in [0.1, 0.15) is 6.92 Å². The Morgan fingerprint density at radius 1 is 1.19 bits per heavy atom. The van der Waals surface area contributed by atoms with Crippen molar-refractivity contribution in [1.29, 1.82) is 0 Å². The van der Waals surface area contributed by atoms with Crippen LogP contribution in [0.4, 0.5) is 0 Å². The number of hydrogen-bond donors (Lipinski definition) is 0. The van der Waals surface area contributed by atoms with Crippen molar-refractivity contribution in [3.63, 3.8) is 0 Å². The number of likely N-dealkylation sites (N-methyl/N-ethyl adjacent to an activating group) is 1. The molecule has 0 amide bonds. The Hall–Kier alpha value is -0.510. The van der Waals surface area contributed by atoms with Gasteiger partial charge >= 0.3 is 0 Å². The second-order valence-corrected chi connectivity index (χ2v) is 4.76. The molecule has 1 aromatic rings. The van der Waals surface area contributed by atoms with Crippen LogP contribution in [0.5, 0.6) is 0 Å². The van der Waals surface area contributed by atoms with Gasteiger partial charge in [0, 0.05) is 30.8 Å². The van der Waals surface area contributed by atoms with Crippen molar-refractivity contribution in [2.45, 2.75) is 11.8 Å². The van der Waals surface area contributed by atoms with Crippen LogP contribution in [-0.2, 0) is 4.74 Å². The van der Waals surface area contributed by atoms with Gasteiger partial charge in [0.15, 0.2) is 0 Å². The van der Waals surface area contributed by atoms with Crippen LogP contribution >= 0.6 is 11.8 Å². The molecular weight excluding hydrogens is 218 g/mol. The van der Waals surface area contributed by atoms with E-state index in [1.165, 1.54) is 4.90 Å². The summed E-state index contributed by atoms with van der Waals surface area (Å²) in [6, 6.07) is 10.6. The number of ether oxygens (including phenoxy) is 1. The van der Waals surface area contributed by atoms with E-state index < -0.39 is 0 Å². The van der Waals surface area contributed by atoms with Gasteiger partial charge in [0.1, 0.15) is 0 Å². The molecule has 0 bridgehead atoms. The molecule has 0 spiro atoms. The second kappa shape index (κ2) is 8.62. The van der Waals surface area contributed by atoms with Gasteiger partial charge in [-0.2, -0.15) is 0 Å². The van der Waals surface area contributed by atoms with E-state index >= 15 is 0 Å². The minimum absolute atomic E-state index is 0.823. The number of hydrogen-bond acceptors (Lipinski definition) is 3. The van der Waals surface area contributed by atoms with Crippen LogP contribution in [0.15, 0.2) is 35.2 Å². The predicted molar refractivity (Wildman–Crippen MR) is 71.2 cm³/mol. The highest BCUT2D eigenvalue weighted by molar-refractivity contribution is 7.99. The average molecular weight is 239 g/mol. The van der Waals surface area contributed by atoms with Crippen molar-refractivity contribution < 1.29 is 4.74 Å². The molecule has 0 heterocycles. The number of nitrogens with zero attached hydrogens (tertiary/aromatic N) is 1. The first-order valence-electron chi connectivity index (χ1n) is 5.76. The van der Waals surface area contributed by atoms with Crippen molar-refractivity contribution in [1.82, 2.24) is 4.90 Å². The van der Waals surface area contributed by atoms with Crippen LogP contribution in [0.3, 0.4) is 0 Å². The van der Waals surface area contributed by atoms with Gasteiger partial charge in [-0.1, -0.05) is 25.1 Å². The molecule has 1 rings (SSSR count). The summed E-state index contributed by atoms with van der Waals surface area (Å²) in [4.78, 5) is 3.77. The number of benzene rings is 1. The lowest BCUT2D eigenvalue weighted by molar-refractivity contribution is 0.154. The molecule has 1 aromatic carbocycles. The normalized spacial score (nSPS) is 10.9. The Balaban J connectivity index is 2.18. The van der Waals surface area contributed by atoms with Crippen molar-refractivity contribution in [3.8, 4) is 0 Å². The standard InChI is InChI=1S/C13H21NOS/c1-3-14(9-11-15-2)10-12-16-13-7-5-4-6-8-13/h4-8H,3,9-12H2,1-2H3. The van der Waals surface area contributed by atoms with E-state index in [4.69, 9.17) is 4.74 Å². The van der Waals surface area contributed by atoms with Gasteiger partial charge in [-0.3, -0.25) is 0 Å². The minimum Gasteiger partial charge on any atom is -0.383 e. The van der Waals surface area contributed by atoms with E-state index in [1.807, 2.05) is 11.8 Å². The first-order chi connectivity index (χ1) is 7.86. The van der Waals surface area contributed by atoms with Gasteiger partial charge in [0.25, 0.3) is 0 Å². The Morgan fingerprint density at radius 2 is 1.94 bits per heavy atom. The second-order valence-electron chi connectivity index (χ2n) is 3.59. The first kappa shape index (κ1) is 13.6. The Kier molecular flexibility index (Phi) is 7.30. The topological polar surface area (TPSA) is 12.5 Å². The quantitative estimate of drug-likeness (QED) is 0.647. The van der Waals surface area contributed by atoms with E-state index in [-0.39, 0.29) is 0 Å². The van der Waals surface area contributed by atoms with Gasteiger partial charge < -0.3 is 9.64 Å². The SMILES string of the molecule is CCN(CCOC)CCSc1ccccc1. The molecule has 0 aliphatic heterocycles. The van der Waals surface area contributed by atoms with Gasteiger partial charge in [0.05, 0.1) is 6.61 Å². The zero-order valence-electron chi connectivity index (χ0n) is 10.2. The van der Waals surface area contributed by atoms with Gasteiger partial charge in [-0.25, -0.2) is 0 Å². The summed E-state index contributed by atoms with van der Waals surface area (Å²) in [5, 5.41) is 0. The molecule has 0 aromatic heterocycles. The summed E-state index contributed by atoms with van der Waals surface area (Å²) in [5.74, 6) is 1.14. The molecule has 0 saturated heterocycles. The lowest BCUT2D eigenvalue weighted by Gasteiger charge is -2.19. The Bertz CT molecular complexity index is 266. The molecule has 0 fully saturated rings. The summed E-state index contributed by atoms with van der Waals surface area (Å²) >= 11 is 1.92. The molecule has 0 aliphatic rings. The van der Waals surface area contributed by atoms with Crippen LogP contribution in [0.2, 0.25) is 0 Å². The molecule has 3 heteroatoms. The highest BCUT2D eigenvalue weighted by Gasteiger charge is 2.01. The summed E-state index contributed by atoms with van der Waals surface area (Å²) in [7, 11) is 1.76. The van der Waals surface area contributed by atoms with Crippen molar-refractivity contribution in [2.24, 2.45) is 0 Å². The number of rotatable bonds is 8. The van der Waals surface area contributed by atoms with Crippen molar-refractivity contribution in [3.05, 3.63) is 30.3 Å². The fourth-order valence-corrected chi connectivity index (χ4v) is 2.39. The summed E-state index contributed by atoms with van der Waals surface area (Å²) < 4.78 is 5.09. The van der Waals surface area contributed by atoms with E-state index in [2.05, 4.69) is 42.2 Å². The lowest BCUT2D eigenvalue weighted by atomic mass is 10.4. The molecule has 0 atom stereocenters. The first-order valence-corrected chi connectivity index (χ1v) is 6.74. The lowest BCUT2D eigenvalue weighted by Crippen LogP contribution is -2.29. The summed E-state index contributed by atoms with van der Waals surface area (Å²) in [5.41, 5.74) is 0. The van der Waals surface area contributed by atoms with Crippen molar-refractivity contribution >= 4 is 11.8 Å². The van der Waals surface area contributed by atoms with Gasteiger partial charge in [0.2, 0.25) is 0 Å². The minimum atomic E-state index is 0.823. The third-order valence-electron chi connectivity index (χ3n) is 2.48. The van der Waals surface area contributed by atoms with E-state index in [0.717, 1.165) is 32.0 Å². The van der Waals surface area contributed by atoms with Crippen LogP contribution in [0, 0.1) is 0 Å². The van der Waals surface area contributed by atoms with Crippen LogP contribution in [-0.4, -0.2) is 44.0 Å². The highest BCUT2D eigenvalue weighted by atomic mass is 32.2. The number of thioether (sulfide) groups is 1. The summed E-state index contributed by atoms with van der Waals surface area (Å²) in [6.07, 6.45) is 0. The van der Waals surface area contributed by atoms with E-state index in [9.17, 15) is 0 Å². The maximum atomic E-state index is 5.09. The van der Waals surface area contributed by atoms with E-state index in [1.54, 1.807) is 7.11 Å². The molecule has 90 valence electrons. The van der Waals surface area contributed by atoms with Crippen LogP contribution in [0.25, 0.3) is 0 Å². The van der Waals surface area contributed by atoms with Crippen molar-refractivity contribution in [2.75, 3.05) is 39.1 Å². The third-order valence-corrected chi connectivity index (χ3v) is 3.47. The Labute approximate surface area is 103 Å². The zero-order valence-corrected chi connectivity index (χ0v) is 11.0. The largest absolute Gasteiger partial charge is 0.383 e. The fraction of sp³-hybridized carbons (Fsp3) is 0.538. The molecule has 2 nitrogen and oxygen atoms in total. The molecule has 0 N–H and O–H groups in total. The molecular formula is C13H21NOS. The highest BCUT2D eigenvalue weighted by Crippen LogP contribution is 2.16. The average Bonchev–Trinajstić information content (AvgIpc) is 2.35. The van der Waals surface area contributed by atoms with Crippen LogP contribution < -0.4 is 0 Å². The number of methoxy groups -OCH3 is 1. The molecule has 16 heavy (non-hydrogen) atoms. The maximum Gasteiger partial charge on any atom is 0.0589 e. The van der Waals surface area contributed by atoms with Gasteiger partial charge in [-0.15, -0.1) is 11.8 Å². The smallest absolute Gasteiger partial charge is 0.0589 e. The monoisotopic (exact) mass is 239 g/mol. The zero-order chi connectivity index (χ0) is 11.6. The summed E-state index contributed by atoms with van der Waals surface area (Å²) in [6.45, 7) is 6.27. The van der Waals surface area contributed by atoms with E-state index in [0.29, 0.717) is 0 Å². The van der Waals surface area contributed by atoms with Gasteiger partial charge in [-0.05, 0) is 18.7 Å². The maximum absolute atomic E-state index is 5.09. The molecule has 0 unspecified atom stereocenters. The third kappa shape index (κ3) is 5.54. The Morgan fingerprint density at radius 3 is 2.56 bits per heavy atom. The molecule has 0 aliphatic carbocycles. The fourth-order valence-electron chi connectivity index (χ4n) is 1.46.